The molecule has 0 bridgehead atoms. The van der Waals surface area contributed by atoms with Gasteiger partial charge < -0.3 is 10.6 Å². The van der Waals surface area contributed by atoms with Gasteiger partial charge in [0.25, 0.3) is 5.91 Å². The highest BCUT2D eigenvalue weighted by Gasteiger charge is 2.26. The van der Waals surface area contributed by atoms with Gasteiger partial charge >= 0.3 is 0 Å². The van der Waals surface area contributed by atoms with Gasteiger partial charge in [0.05, 0.1) is 0 Å². The minimum absolute atomic E-state index is 0. The van der Waals surface area contributed by atoms with Crippen molar-refractivity contribution in [1.29, 1.82) is 0 Å². The summed E-state index contributed by atoms with van der Waals surface area (Å²) in [5.41, 5.74) is 6.45. The average Bonchev–Trinajstić information content (AvgIpc) is 2.81. The van der Waals surface area contributed by atoms with Crippen LogP contribution in [0.5, 0.6) is 0 Å². The maximum absolute atomic E-state index is 12.0. The Labute approximate surface area is 107 Å². The van der Waals surface area contributed by atoms with Crippen molar-refractivity contribution in [3.8, 4) is 0 Å². The van der Waals surface area contributed by atoms with E-state index in [4.69, 9.17) is 5.73 Å². The van der Waals surface area contributed by atoms with Crippen LogP contribution in [-0.2, 0) is 0 Å². The van der Waals surface area contributed by atoms with Crippen LogP contribution < -0.4 is 5.73 Å². The molecule has 2 unspecified atom stereocenters. The van der Waals surface area contributed by atoms with Crippen LogP contribution in [0.1, 0.15) is 30.3 Å². The molecule has 1 aromatic rings. The molecule has 3 N–H and O–H groups in total. The summed E-state index contributed by atoms with van der Waals surface area (Å²) in [6, 6.07) is 1.86. The van der Waals surface area contributed by atoms with Crippen LogP contribution in [0.3, 0.4) is 0 Å². The molecule has 0 aliphatic carbocycles. The normalized spacial score (nSPS) is 21.8. The van der Waals surface area contributed by atoms with Crippen LogP contribution in [-0.4, -0.2) is 40.1 Å². The fourth-order valence-corrected chi connectivity index (χ4v) is 2.17. The van der Waals surface area contributed by atoms with Crippen molar-refractivity contribution < 1.29 is 4.79 Å². The Kier molecular flexibility index (Phi) is 4.96. The summed E-state index contributed by atoms with van der Waals surface area (Å²) in [7, 11) is 0. The standard InChI is InChI=1S/C11H18N4O.ClH/c1-8(12)9-3-2-6-15(7-9)11(16)10-4-5-13-14-10;/h4-5,8-9H,2-3,6-7,12H2,1H3,(H,13,14);1H. The lowest BCUT2D eigenvalue weighted by Gasteiger charge is -2.34. The fraction of sp³-hybridized carbons (Fsp3) is 0.636. The number of carbonyl (C=O) groups is 1. The molecule has 2 atom stereocenters. The van der Waals surface area contributed by atoms with Crippen LogP contribution >= 0.6 is 12.4 Å². The zero-order valence-electron chi connectivity index (χ0n) is 9.93. The van der Waals surface area contributed by atoms with Crippen LogP contribution in [0.4, 0.5) is 0 Å². The van der Waals surface area contributed by atoms with E-state index in [9.17, 15) is 4.79 Å². The molecule has 1 aliphatic heterocycles. The molecule has 1 amide bonds. The minimum atomic E-state index is 0. The topological polar surface area (TPSA) is 75.0 Å². The second kappa shape index (κ2) is 6.02. The number of nitrogens with two attached hydrogens (primary N) is 1. The summed E-state index contributed by atoms with van der Waals surface area (Å²) in [4.78, 5) is 13.9. The summed E-state index contributed by atoms with van der Waals surface area (Å²) in [5.74, 6) is 0.448. The molecule has 1 aliphatic rings. The first-order valence-electron chi connectivity index (χ1n) is 5.72. The van der Waals surface area contributed by atoms with Gasteiger partial charge in [0, 0.05) is 25.3 Å². The van der Waals surface area contributed by atoms with Gasteiger partial charge in [-0.05, 0) is 31.7 Å². The van der Waals surface area contributed by atoms with E-state index < -0.39 is 0 Å². The molecule has 0 radical (unpaired) electrons. The van der Waals surface area contributed by atoms with Crippen molar-refractivity contribution in [1.82, 2.24) is 15.1 Å². The maximum atomic E-state index is 12.0. The van der Waals surface area contributed by atoms with Gasteiger partial charge in [-0.1, -0.05) is 0 Å². The molecule has 0 saturated carbocycles. The monoisotopic (exact) mass is 258 g/mol. The zero-order valence-corrected chi connectivity index (χ0v) is 10.7. The van der Waals surface area contributed by atoms with Crippen molar-refractivity contribution in [2.75, 3.05) is 13.1 Å². The molecule has 2 heterocycles. The molecule has 2 rings (SSSR count). The summed E-state index contributed by atoms with van der Waals surface area (Å²) >= 11 is 0. The van der Waals surface area contributed by atoms with E-state index in [-0.39, 0.29) is 24.4 Å². The Balaban J connectivity index is 0.00000144. The second-order valence-electron chi connectivity index (χ2n) is 4.48. The quantitative estimate of drug-likeness (QED) is 0.832. The number of aromatic nitrogens is 2. The van der Waals surface area contributed by atoms with Gasteiger partial charge in [0.2, 0.25) is 0 Å². The number of hydrogen-bond donors (Lipinski definition) is 2. The predicted octanol–water partition coefficient (Wildman–Crippen LogP) is 1.03. The lowest BCUT2D eigenvalue weighted by molar-refractivity contribution is 0.0655. The molecule has 17 heavy (non-hydrogen) atoms. The largest absolute Gasteiger partial charge is 0.337 e. The minimum Gasteiger partial charge on any atom is -0.337 e. The van der Waals surface area contributed by atoms with E-state index in [0.29, 0.717) is 11.6 Å². The Hall–Kier alpha value is -1.07. The van der Waals surface area contributed by atoms with Crippen molar-refractivity contribution in [2.24, 2.45) is 11.7 Å². The SMILES string of the molecule is CC(N)C1CCCN(C(=O)c2ccn[nH]2)C1.Cl. The Morgan fingerprint density at radius 1 is 1.71 bits per heavy atom. The number of nitrogens with zero attached hydrogens (tertiary/aromatic N) is 2. The second-order valence-corrected chi connectivity index (χ2v) is 4.48. The number of nitrogens with one attached hydrogen (secondary N) is 1. The Morgan fingerprint density at radius 3 is 3.06 bits per heavy atom. The number of likely N-dealkylation sites (tertiary alicyclic amines) is 1. The molecule has 5 nitrogen and oxygen atoms in total. The highest BCUT2D eigenvalue weighted by molar-refractivity contribution is 5.92. The zero-order chi connectivity index (χ0) is 11.5. The third-order valence-corrected chi connectivity index (χ3v) is 3.22. The van der Waals surface area contributed by atoms with E-state index in [1.807, 2.05) is 11.8 Å². The molecule has 0 spiro atoms. The Bertz CT molecular complexity index is 352. The predicted molar refractivity (Wildman–Crippen MR) is 68.1 cm³/mol. The van der Waals surface area contributed by atoms with Crippen molar-refractivity contribution >= 4 is 18.3 Å². The summed E-state index contributed by atoms with van der Waals surface area (Å²) in [6.45, 7) is 3.59. The summed E-state index contributed by atoms with van der Waals surface area (Å²) in [6.07, 6.45) is 3.75. The van der Waals surface area contributed by atoms with Crippen LogP contribution in [0.25, 0.3) is 0 Å². The molecule has 1 saturated heterocycles. The third-order valence-electron chi connectivity index (χ3n) is 3.22. The number of amides is 1. The molecular formula is C11H19ClN4O. The van der Waals surface area contributed by atoms with Crippen LogP contribution in [0.2, 0.25) is 0 Å². The fourth-order valence-electron chi connectivity index (χ4n) is 2.17. The van der Waals surface area contributed by atoms with Gasteiger partial charge in [0.15, 0.2) is 0 Å². The van der Waals surface area contributed by atoms with Crippen molar-refractivity contribution in [3.63, 3.8) is 0 Å². The van der Waals surface area contributed by atoms with Gasteiger partial charge in [-0.3, -0.25) is 9.89 Å². The van der Waals surface area contributed by atoms with E-state index in [1.54, 1.807) is 12.3 Å². The molecule has 96 valence electrons. The van der Waals surface area contributed by atoms with Gasteiger partial charge in [-0.2, -0.15) is 5.10 Å². The number of aromatic amines is 1. The van der Waals surface area contributed by atoms with Gasteiger partial charge in [-0.25, -0.2) is 0 Å². The number of piperidine rings is 1. The van der Waals surface area contributed by atoms with Crippen molar-refractivity contribution in [3.05, 3.63) is 18.0 Å². The maximum Gasteiger partial charge on any atom is 0.271 e. The van der Waals surface area contributed by atoms with Gasteiger partial charge in [-0.15, -0.1) is 12.4 Å². The highest BCUT2D eigenvalue weighted by atomic mass is 35.5. The van der Waals surface area contributed by atoms with E-state index in [2.05, 4.69) is 10.2 Å². The lowest BCUT2D eigenvalue weighted by atomic mass is 9.92. The first kappa shape index (κ1) is 14.0. The van der Waals surface area contributed by atoms with E-state index >= 15 is 0 Å². The van der Waals surface area contributed by atoms with Gasteiger partial charge in [0.1, 0.15) is 5.69 Å². The number of rotatable bonds is 2. The van der Waals surface area contributed by atoms with Crippen LogP contribution in [0, 0.1) is 5.92 Å². The number of H-pyrrole nitrogens is 1. The van der Waals surface area contributed by atoms with Crippen molar-refractivity contribution in [2.45, 2.75) is 25.8 Å². The number of hydrogen-bond acceptors (Lipinski definition) is 3. The first-order valence-corrected chi connectivity index (χ1v) is 5.72. The summed E-state index contributed by atoms with van der Waals surface area (Å²) in [5, 5.41) is 6.50. The third kappa shape index (κ3) is 3.20. The summed E-state index contributed by atoms with van der Waals surface area (Å²) < 4.78 is 0. The molecule has 1 fully saturated rings. The lowest BCUT2D eigenvalue weighted by Crippen LogP contribution is -2.45. The van der Waals surface area contributed by atoms with E-state index in [0.717, 1.165) is 25.9 Å². The molecule has 0 aromatic carbocycles. The average molecular weight is 259 g/mol. The highest BCUT2D eigenvalue weighted by Crippen LogP contribution is 2.19. The molecule has 1 aromatic heterocycles. The number of carbonyl (C=O) groups excluding carboxylic acids is 1. The Morgan fingerprint density at radius 2 is 2.47 bits per heavy atom. The molecule has 6 heteroatoms. The van der Waals surface area contributed by atoms with E-state index in [1.165, 1.54) is 0 Å². The first-order chi connectivity index (χ1) is 7.68. The number of halogens is 1. The van der Waals surface area contributed by atoms with Crippen LogP contribution in [0.15, 0.2) is 12.3 Å². The smallest absolute Gasteiger partial charge is 0.271 e. The molecular weight excluding hydrogens is 240 g/mol.